The van der Waals surface area contributed by atoms with Crippen LogP contribution in [0.4, 0.5) is 5.69 Å². The molecule has 0 saturated carbocycles. The van der Waals surface area contributed by atoms with E-state index in [1.807, 2.05) is 6.92 Å². The predicted molar refractivity (Wildman–Crippen MR) is 109 cm³/mol. The van der Waals surface area contributed by atoms with E-state index in [0.717, 1.165) is 5.56 Å². The van der Waals surface area contributed by atoms with Gasteiger partial charge in [-0.1, -0.05) is 23.8 Å². The summed E-state index contributed by atoms with van der Waals surface area (Å²) in [5.41, 5.74) is 1.54. The zero-order valence-corrected chi connectivity index (χ0v) is 17.2. The highest BCUT2D eigenvalue weighted by molar-refractivity contribution is 7.89. The molecule has 1 amide bonds. The van der Waals surface area contributed by atoms with E-state index in [0.29, 0.717) is 17.2 Å². The van der Waals surface area contributed by atoms with Gasteiger partial charge in [-0.15, -0.1) is 0 Å². The number of methoxy groups -OCH3 is 1. The molecule has 0 aliphatic carbocycles. The molecule has 7 nitrogen and oxygen atoms in total. The van der Waals surface area contributed by atoms with Crippen LogP contribution in [0.2, 0.25) is 0 Å². The van der Waals surface area contributed by atoms with Crippen molar-refractivity contribution >= 4 is 21.6 Å². The second kappa shape index (κ2) is 8.50. The summed E-state index contributed by atoms with van der Waals surface area (Å²) in [5.74, 6) is 0.627. The molecule has 2 aromatic carbocycles. The summed E-state index contributed by atoms with van der Waals surface area (Å²) in [6.45, 7) is 1.89. The molecule has 1 aromatic heterocycles. The van der Waals surface area contributed by atoms with E-state index in [4.69, 9.17) is 9.15 Å². The van der Waals surface area contributed by atoms with Gasteiger partial charge in [-0.2, -0.15) is 4.31 Å². The number of amides is 1. The van der Waals surface area contributed by atoms with Crippen LogP contribution in [0.1, 0.15) is 21.9 Å². The van der Waals surface area contributed by atoms with Crippen LogP contribution in [-0.2, 0) is 16.6 Å². The molecule has 0 bridgehead atoms. The number of hydrogen-bond acceptors (Lipinski definition) is 5. The maximum Gasteiger partial charge on any atom is 0.291 e. The maximum atomic E-state index is 12.7. The van der Waals surface area contributed by atoms with Crippen LogP contribution in [0, 0.1) is 6.92 Å². The monoisotopic (exact) mass is 414 g/mol. The van der Waals surface area contributed by atoms with E-state index < -0.39 is 15.9 Å². The number of nitrogens with one attached hydrogen (secondary N) is 1. The Morgan fingerprint density at radius 1 is 1.10 bits per heavy atom. The molecule has 3 aromatic rings. The van der Waals surface area contributed by atoms with Gasteiger partial charge in [-0.25, -0.2) is 8.42 Å². The first-order valence-corrected chi connectivity index (χ1v) is 10.3. The Morgan fingerprint density at radius 3 is 2.52 bits per heavy atom. The number of carbonyl (C=O) groups is 1. The SMILES string of the molecule is COc1cccc(NC(=O)c2ccc(CN(C)S(=O)(=O)c3ccc(C)cc3)o2)c1. The molecular weight excluding hydrogens is 392 g/mol. The maximum absolute atomic E-state index is 12.7. The number of ether oxygens (including phenoxy) is 1. The van der Waals surface area contributed by atoms with Crippen LogP contribution >= 0.6 is 0 Å². The van der Waals surface area contributed by atoms with Gasteiger partial charge in [0.15, 0.2) is 5.76 Å². The fourth-order valence-electron chi connectivity index (χ4n) is 2.67. The van der Waals surface area contributed by atoms with E-state index in [2.05, 4.69) is 5.32 Å². The lowest BCUT2D eigenvalue weighted by Gasteiger charge is -2.16. The highest BCUT2D eigenvalue weighted by atomic mass is 32.2. The molecule has 0 fully saturated rings. The molecule has 0 aliphatic rings. The number of hydrogen-bond donors (Lipinski definition) is 1. The van der Waals surface area contributed by atoms with Gasteiger partial charge in [0, 0.05) is 18.8 Å². The first-order chi connectivity index (χ1) is 13.8. The lowest BCUT2D eigenvalue weighted by atomic mass is 10.2. The minimum Gasteiger partial charge on any atom is -0.497 e. The molecular formula is C21H22N2O5S. The Hall–Kier alpha value is -3.10. The second-order valence-electron chi connectivity index (χ2n) is 6.53. The Morgan fingerprint density at radius 2 is 1.83 bits per heavy atom. The van der Waals surface area contributed by atoms with Gasteiger partial charge < -0.3 is 14.5 Å². The first-order valence-electron chi connectivity index (χ1n) is 8.87. The third kappa shape index (κ3) is 4.85. The van der Waals surface area contributed by atoms with Gasteiger partial charge in [-0.05, 0) is 43.3 Å². The molecule has 0 aliphatic heterocycles. The van der Waals surface area contributed by atoms with Crippen molar-refractivity contribution in [2.45, 2.75) is 18.4 Å². The van der Waals surface area contributed by atoms with E-state index in [9.17, 15) is 13.2 Å². The van der Waals surface area contributed by atoms with Crippen molar-refractivity contribution in [1.82, 2.24) is 4.31 Å². The van der Waals surface area contributed by atoms with Crippen LogP contribution in [0.15, 0.2) is 70.0 Å². The summed E-state index contributed by atoms with van der Waals surface area (Å²) < 4.78 is 37.2. The van der Waals surface area contributed by atoms with Crippen LogP contribution < -0.4 is 10.1 Å². The minimum atomic E-state index is -3.66. The molecule has 0 atom stereocenters. The number of sulfonamides is 1. The van der Waals surface area contributed by atoms with Crippen LogP contribution in [0.3, 0.4) is 0 Å². The Kier molecular flexibility index (Phi) is 6.05. The van der Waals surface area contributed by atoms with Gasteiger partial charge >= 0.3 is 0 Å². The molecule has 3 rings (SSSR count). The van der Waals surface area contributed by atoms with Crippen molar-refractivity contribution in [3.05, 3.63) is 77.7 Å². The Balaban J connectivity index is 1.69. The summed E-state index contributed by atoms with van der Waals surface area (Å²) in [5, 5.41) is 2.72. The summed E-state index contributed by atoms with van der Waals surface area (Å²) in [6, 6.07) is 16.7. The third-order valence-corrected chi connectivity index (χ3v) is 6.14. The molecule has 152 valence electrons. The molecule has 1 N–H and O–H groups in total. The molecule has 0 saturated heterocycles. The van der Waals surface area contributed by atoms with Crippen molar-refractivity contribution in [2.24, 2.45) is 0 Å². The summed E-state index contributed by atoms with van der Waals surface area (Å²) >= 11 is 0. The number of rotatable bonds is 7. The lowest BCUT2D eigenvalue weighted by molar-refractivity contribution is 0.0994. The predicted octanol–water partition coefficient (Wildman–Crippen LogP) is 3.67. The summed E-state index contributed by atoms with van der Waals surface area (Å²) in [4.78, 5) is 12.6. The zero-order valence-electron chi connectivity index (χ0n) is 16.4. The van der Waals surface area contributed by atoms with E-state index >= 15 is 0 Å². The van der Waals surface area contributed by atoms with Gasteiger partial charge in [-0.3, -0.25) is 4.79 Å². The fourth-order valence-corrected chi connectivity index (χ4v) is 3.81. The van der Waals surface area contributed by atoms with E-state index in [-0.39, 0.29) is 17.2 Å². The lowest BCUT2D eigenvalue weighted by Crippen LogP contribution is -2.26. The van der Waals surface area contributed by atoms with E-state index in [1.165, 1.54) is 17.4 Å². The van der Waals surface area contributed by atoms with Crippen molar-refractivity contribution < 1.29 is 22.4 Å². The molecule has 8 heteroatoms. The third-order valence-electron chi connectivity index (χ3n) is 4.32. The van der Waals surface area contributed by atoms with Crippen LogP contribution in [-0.4, -0.2) is 32.8 Å². The topological polar surface area (TPSA) is 88.9 Å². The van der Waals surface area contributed by atoms with Crippen LogP contribution in [0.5, 0.6) is 5.75 Å². The Bertz CT molecular complexity index is 1100. The molecule has 0 radical (unpaired) electrons. The highest BCUT2D eigenvalue weighted by Gasteiger charge is 2.22. The van der Waals surface area contributed by atoms with E-state index in [1.54, 1.807) is 61.7 Å². The van der Waals surface area contributed by atoms with Gasteiger partial charge in [0.25, 0.3) is 5.91 Å². The highest BCUT2D eigenvalue weighted by Crippen LogP contribution is 2.20. The standard InChI is InChI=1S/C21H22N2O5S/c1-15-7-10-19(11-8-15)29(25,26)23(2)14-18-9-12-20(28-18)21(24)22-16-5-4-6-17(13-16)27-3/h4-13H,14H2,1-3H3,(H,22,24). The van der Waals surface area contributed by atoms with Gasteiger partial charge in [0.1, 0.15) is 11.5 Å². The smallest absolute Gasteiger partial charge is 0.291 e. The summed E-state index contributed by atoms with van der Waals surface area (Å²) in [6.07, 6.45) is 0. The van der Waals surface area contributed by atoms with Gasteiger partial charge in [0.05, 0.1) is 18.6 Å². The zero-order chi connectivity index (χ0) is 21.0. The van der Waals surface area contributed by atoms with Crippen molar-refractivity contribution in [2.75, 3.05) is 19.5 Å². The normalized spacial score (nSPS) is 11.4. The number of furan rings is 1. The van der Waals surface area contributed by atoms with Crippen molar-refractivity contribution in [3.8, 4) is 5.75 Å². The van der Waals surface area contributed by atoms with Gasteiger partial charge in [0.2, 0.25) is 10.0 Å². The molecule has 0 spiro atoms. The first kappa shape index (κ1) is 20.6. The number of anilines is 1. The molecule has 0 unspecified atom stereocenters. The van der Waals surface area contributed by atoms with Crippen molar-refractivity contribution in [3.63, 3.8) is 0 Å². The molecule has 29 heavy (non-hydrogen) atoms. The quantitative estimate of drug-likeness (QED) is 0.637. The number of benzene rings is 2. The number of nitrogens with zero attached hydrogens (tertiary/aromatic N) is 1. The largest absolute Gasteiger partial charge is 0.497 e. The number of aryl methyl sites for hydroxylation is 1. The second-order valence-corrected chi connectivity index (χ2v) is 8.57. The Labute approximate surface area is 170 Å². The average molecular weight is 414 g/mol. The molecule has 1 heterocycles. The fraction of sp³-hybridized carbons (Fsp3) is 0.190. The minimum absolute atomic E-state index is 0.00263. The van der Waals surface area contributed by atoms with Crippen LogP contribution in [0.25, 0.3) is 0 Å². The summed E-state index contributed by atoms with van der Waals surface area (Å²) in [7, 11) is -0.654. The number of carbonyl (C=O) groups excluding carboxylic acids is 1. The average Bonchev–Trinajstić information content (AvgIpc) is 3.17. The van der Waals surface area contributed by atoms with Crippen molar-refractivity contribution in [1.29, 1.82) is 0 Å².